The lowest BCUT2D eigenvalue weighted by atomic mass is 10.3. The minimum Gasteiger partial charge on any atom is -0.490 e. The fraction of sp³-hybridized carbons (Fsp3) is 0.263. The normalized spacial score (nSPS) is 13.6. The third-order valence-electron chi connectivity index (χ3n) is 3.97. The molecule has 1 aromatic carbocycles. The summed E-state index contributed by atoms with van der Waals surface area (Å²) in [5, 5.41) is 0. The Morgan fingerprint density at radius 3 is 2.84 bits per heavy atom. The van der Waals surface area contributed by atoms with E-state index in [0.29, 0.717) is 24.6 Å². The highest BCUT2D eigenvalue weighted by Gasteiger charge is 2.11. The van der Waals surface area contributed by atoms with Crippen molar-refractivity contribution in [1.82, 2.24) is 9.38 Å². The standard InChI is InChI=1S/C19H18N2O3S/c1-13-3-6-18-20-14(9-19(22)21(18)11-13)12-25-15-4-5-16-17(10-15)24-8-2-7-23-16/h3-6,9-11H,2,7-8,12H2,1H3. The van der Waals surface area contributed by atoms with Gasteiger partial charge in [0.2, 0.25) is 0 Å². The minimum atomic E-state index is -0.0528. The molecule has 0 unspecified atom stereocenters. The number of ether oxygens (including phenoxy) is 2. The maximum absolute atomic E-state index is 12.3. The van der Waals surface area contributed by atoms with E-state index in [0.717, 1.165) is 34.1 Å². The lowest BCUT2D eigenvalue weighted by molar-refractivity contribution is 0.297. The summed E-state index contributed by atoms with van der Waals surface area (Å²) in [5.74, 6) is 2.20. The van der Waals surface area contributed by atoms with E-state index in [1.807, 2.05) is 43.5 Å². The molecule has 0 amide bonds. The van der Waals surface area contributed by atoms with Gasteiger partial charge >= 0.3 is 0 Å². The first-order chi connectivity index (χ1) is 12.2. The first-order valence-corrected chi connectivity index (χ1v) is 9.19. The van der Waals surface area contributed by atoms with Crippen LogP contribution in [0.5, 0.6) is 11.5 Å². The molecular weight excluding hydrogens is 336 g/mol. The Morgan fingerprint density at radius 2 is 1.96 bits per heavy atom. The van der Waals surface area contributed by atoms with Gasteiger partial charge in [-0.1, -0.05) is 6.07 Å². The summed E-state index contributed by atoms with van der Waals surface area (Å²) >= 11 is 1.63. The zero-order valence-corrected chi connectivity index (χ0v) is 14.7. The number of hydrogen-bond acceptors (Lipinski definition) is 5. The van der Waals surface area contributed by atoms with Crippen molar-refractivity contribution in [2.45, 2.75) is 24.0 Å². The highest BCUT2D eigenvalue weighted by molar-refractivity contribution is 7.98. The Hall–Kier alpha value is -2.47. The van der Waals surface area contributed by atoms with Gasteiger partial charge in [-0.2, -0.15) is 0 Å². The number of aryl methyl sites for hydroxylation is 1. The lowest BCUT2D eigenvalue weighted by Gasteiger charge is -2.09. The number of hydrogen-bond donors (Lipinski definition) is 0. The smallest absolute Gasteiger partial charge is 0.258 e. The Balaban J connectivity index is 1.55. The van der Waals surface area contributed by atoms with Crippen LogP contribution in [0.2, 0.25) is 0 Å². The van der Waals surface area contributed by atoms with Crippen LogP contribution in [0.4, 0.5) is 0 Å². The van der Waals surface area contributed by atoms with Gasteiger partial charge in [0.25, 0.3) is 5.56 Å². The third-order valence-corrected chi connectivity index (χ3v) is 4.99. The van der Waals surface area contributed by atoms with E-state index in [9.17, 15) is 4.79 Å². The van der Waals surface area contributed by atoms with Gasteiger partial charge < -0.3 is 9.47 Å². The largest absolute Gasteiger partial charge is 0.490 e. The number of nitrogens with zero attached hydrogens (tertiary/aromatic N) is 2. The van der Waals surface area contributed by atoms with Crippen LogP contribution >= 0.6 is 11.8 Å². The Bertz CT molecular complexity index is 984. The predicted molar refractivity (Wildman–Crippen MR) is 97.8 cm³/mol. The molecule has 0 spiro atoms. The van der Waals surface area contributed by atoms with Crippen molar-refractivity contribution in [3.05, 3.63) is 64.2 Å². The minimum absolute atomic E-state index is 0.0528. The highest BCUT2D eigenvalue weighted by atomic mass is 32.2. The highest BCUT2D eigenvalue weighted by Crippen LogP contribution is 2.34. The lowest BCUT2D eigenvalue weighted by Crippen LogP contribution is -2.15. The molecule has 0 bridgehead atoms. The molecule has 128 valence electrons. The average Bonchev–Trinajstić information content (AvgIpc) is 2.85. The van der Waals surface area contributed by atoms with Crippen molar-refractivity contribution in [1.29, 1.82) is 0 Å². The zero-order chi connectivity index (χ0) is 17.2. The predicted octanol–water partition coefficient (Wildman–Crippen LogP) is 3.46. The summed E-state index contributed by atoms with van der Waals surface area (Å²) in [6.07, 6.45) is 2.70. The van der Waals surface area contributed by atoms with Gasteiger partial charge in [0.1, 0.15) is 5.65 Å². The molecule has 0 saturated heterocycles. The van der Waals surface area contributed by atoms with Crippen LogP contribution in [0.25, 0.3) is 5.65 Å². The SMILES string of the molecule is Cc1ccc2nc(CSc3ccc4c(c3)OCCCO4)cc(=O)n2c1. The Labute approximate surface area is 149 Å². The molecule has 0 radical (unpaired) electrons. The molecule has 0 N–H and O–H groups in total. The molecule has 1 aliphatic heterocycles. The number of aromatic nitrogens is 2. The zero-order valence-electron chi connectivity index (χ0n) is 13.9. The molecular formula is C19H18N2O3S. The van der Waals surface area contributed by atoms with Crippen LogP contribution in [-0.2, 0) is 5.75 Å². The van der Waals surface area contributed by atoms with Crippen LogP contribution in [0.15, 0.2) is 52.3 Å². The second-order valence-electron chi connectivity index (χ2n) is 5.97. The monoisotopic (exact) mass is 354 g/mol. The van der Waals surface area contributed by atoms with Crippen molar-refractivity contribution >= 4 is 17.4 Å². The first kappa shape index (κ1) is 16.0. The van der Waals surface area contributed by atoms with Crippen LogP contribution in [-0.4, -0.2) is 22.6 Å². The number of fused-ring (bicyclic) bond motifs is 2. The van der Waals surface area contributed by atoms with E-state index in [1.54, 1.807) is 22.2 Å². The third kappa shape index (κ3) is 3.49. The van der Waals surface area contributed by atoms with Gasteiger partial charge in [-0.3, -0.25) is 9.20 Å². The second kappa shape index (κ2) is 6.80. The maximum atomic E-state index is 12.3. The van der Waals surface area contributed by atoms with Crippen molar-refractivity contribution < 1.29 is 9.47 Å². The topological polar surface area (TPSA) is 52.8 Å². The van der Waals surface area contributed by atoms with Crippen LogP contribution < -0.4 is 15.0 Å². The van der Waals surface area contributed by atoms with Gasteiger partial charge in [-0.15, -0.1) is 11.8 Å². The number of benzene rings is 1. The van der Waals surface area contributed by atoms with Crippen LogP contribution in [0.3, 0.4) is 0 Å². The molecule has 1 aliphatic rings. The summed E-state index contributed by atoms with van der Waals surface area (Å²) < 4.78 is 13.0. The fourth-order valence-corrected chi connectivity index (χ4v) is 3.54. The fourth-order valence-electron chi connectivity index (χ4n) is 2.72. The van der Waals surface area contributed by atoms with Crippen molar-refractivity contribution in [2.75, 3.05) is 13.2 Å². The molecule has 0 fully saturated rings. The van der Waals surface area contributed by atoms with Crippen LogP contribution in [0, 0.1) is 6.92 Å². The molecule has 25 heavy (non-hydrogen) atoms. The molecule has 4 rings (SSSR count). The van der Waals surface area contributed by atoms with Crippen molar-refractivity contribution in [3.63, 3.8) is 0 Å². The molecule has 0 saturated carbocycles. The molecule has 0 aliphatic carbocycles. The first-order valence-electron chi connectivity index (χ1n) is 8.20. The van der Waals surface area contributed by atoms with Gasteiger partial charge in [0.15, 0.2) is 11.5 Å². The molecule has 5 nitrogen and oxygen atoms in total. The van der Waals surface area contributed by atoms with Crippen molar-refractivity contribution in [2.24, 2.45) is 0 Å². The van der Waals surface area contributed by atoms with Gasteiger partial charge in [-0.25, -0.2) is 4.98 Å². The van der Waals surface area contributed by atoms with Gasteiger partial charge in [0, 0.05) is 29.3 Å². The molecule has 3 heterocycles. The van der Waals surface area contributed by atoms with Crippen molar-refractivity contribution in [3.8, 4) is 11.5 Å². The molecule has 3 aromatic rings. The summed E-state index contributed by atoms with van der Waals surface area (Å²) in [4.78, 5) is 17.9. The van der Waals surface area contributed by atoms with E-state index in [-0.39, 0.29) is 5.56 Å². The summed E-state index contributed by atoms with van der Waals surface area (Å²) in [5.41, 5.74) is 2.42. The molecule has 6 heteroatoms. The average molecular weight is 354 g/mol. The Kier molecular flexibility index (Phi) is 4.36. The summed E-state index contributed by atoms with van der Waals surface area (Å²) in [6, 6.07) is 11.4. The molecule has 0 atom stereocenters. The second-order valence-corrected chi connectivity index (χ2v) is 7.02. The summed E-state index contributed by atoms with van der Waals surface area (Å²) in [6.45, 7) is 3.31. The Morgan fingerprint density at radius 1 is 1.12 bits per heavy atom. The molecule has 2 aromatic heterocycles. The number of rotatable bonds is 3. The van der Waals surface area contributed by atoms with E-state index in [1.165, 1.54) is 0 Å². The maximum Gasteiger partial charge on any atom is 0.258 e. The van der Waals surface area contributed by atoms with Crippen LogP contribution in [0.1, 0.15) is 17.7 Å². The number of thioether (sulfide) groups is 1. The van der Waals surface area contributed by atoms with Gasteiger partial charge in [0.05, 0.1) is 18.9 Å². The number of pyridine rings is 1. The van der Waals surface area contributed by atoms with E-state index in [2.05, 4.69) is 4.98 Å². The quantitative estimate of drug-likeness (QED) is 0.674. The van der Waals surface area contributed by atoms with E-state index < -0.39 is 0 Å². The summed E-state index contributed by atoms with van der Waals surface area (Å²) in [7, 11) is 0. The van der Waals surface area contributed by atoms with Gasteiger partial charge in [-0.05, 0) is 36.8 Å². The van der Waals surface area contributed by atoms with E-state index in [4.69, 9.17) is 9.47 Å². The van der Waals surface area contributed by atoms with E-state index >= 15 is 0 Å².